The first-order valence-corrected chi connectivity index (χ1v) is 8.96. The van der Waals surface area contributed by atoms with Crippen molar-refractivity contribution in [2.75, 3.05) is 19.5 Å². The number of benzene rings is 2. The number of carbonyl (C=O) groups is 1. The predicted octanol–water partition coefficient (Wildman–Crippen LogP) is 3.47. The second-order valence-electron chi connectivity index (χ2n) is 5.57. The molecule has 1 amide bonds. The minimum absolute atomic E-state index is 0.206. The predicted molar refractivity (Wildman–Crippen MR) is 107 cm³/mol. The Balaban J connectivity index is 1.89. The fraction of sp³-hybridized carbons (Fsp3) is 0.167. The Hall–Kier alpha value is -2.58. The molecule has 3 aromatic rings. The summed E-state index contributed by atoms with van der Waals surface area (Å²) < 4.78 is 12.4. The molecule has 0 saturated carbocycles. The molecule has 27 heavy (non-hydrogen) atoms. The summed E-state index contributed by atoms with van der Waals surface area (Å²) >= 11 is 9.40. The number of ether oxygens (including phenoxy) is 2. The van der Waals surface area contributed by atoms with Crippen LogP contribution in [0.5, 0.6) is 11.5 Å². The van der Waals surface area contributed by atoms with E-state index in [1.54, 1.807) is 30.3 Å². The SMILES string of the molecule is COc1cc2ncn(CC(=O)Nc3ccc(Br)cc3Cl)c(=O)c2cc1OC. The van der Waals surface area contributed by atoms with E-state index in [4.69, 9.17) is 21.1 Å². The molecule has 0 unspecified atom stereocenters. The lowest BCUT2D eigenvalue weighted by Gasteiger charge is -2.11. The molecule has 0 atom stereocenters. The normalized spacial score (nSPS) is 10.7. The molecule has 0 radical (unpaired) electrons. The van der Waals surface area contributed by atoms with E-state index < -0.39 is 5.91 Å². The highest BCUT2D eigenvalue weighted by molar-refractivity contribution is 9.10. The highest BCUT2D eigenvalue weighted by atomic mass is 79.9. The van der Waals surface area contributed by atoms with Crippen molar-refractivity contribution in [2.24, 2.45) is 0 Å². The van der Waals surface area contributed by atoms with Crippen LogP contribution in [-0.4, -0.2) is 29.7 Å². The maximum absolute atomic E-state index is 12.7. The third kappa shape index (κ3) is 4.06. The molecule has 1 N–H and O–H groups in total. The summed E-state index contributed by atoms with van der Waals surface area (Å²) in [4.78, 5) is 29.3. The number of aromatic nitrogens is 2. The molecule has 1 aromatic heterocycles. The van der Waals surface area contributed by atoms with Gasteiger partial charge in [-0.15, -0.1) is 0 Å². The third-order valence-corrected chi connectivity index (χ3v) is 4.65. The van der Waals surface area contributed by atoms with Gasteiger partial charge in [-0.1, -0.05) is 27.5 Å². The zero-order valence-electron chi connectivity index (χ0n) is 14.5. The lowest BCUT2D eigenvalue weighted by atomic mass is 10.2. The number of hydrogen-bond donors (Lipinski definition) is 1. The molecular weight excluding hydrogens is 438 g/mol. The molecule has 0 bridgehead atoms. The molecule has 3 rings (SSSR count). The number of halogens is 2. The van der Waals surface area contributed by atoms with Crippen molar-refractivity contribution in [1.82, 2.24) is 9.55 Å². The molecule has 0 aliphatic heterocycles. The number of anilines is 1. The maximum atomic E-state index is 12.7. The van der Waals surface area contributed by atoms with Crippen LogP contribution in [0.25, 0.3) is 10.9 Å². The van der Waals surface area contributed by atoms with Gasteiger partial charge in [-0.2, -0.15) is 0 Å². The number of fused-ring (bicyclic) bond motifs is 1. The fourth-order valence-corrected chi connectivity index (χ4v) is 3.25. The molecular formula is C18H15BrClN3O4. The van der Waals surface area contributed by atoms with Crippen molar-refractivity contribution in [1.29, 1.82) is 0 Å². The fourth-order valence-electron chi connectivity index (χ4n) is 2.53. The Labute approximate surface area is 168 Å². The van der Waals surface area contributed by atoms with Gasteiger partial charge >= 0.3 is 0 Å². The summed E-state index contributed by atoms with van der Waals surface area (Å²) in [5.74, 6) is 0.480. The Morgan fingerprint density at radius 3 is 2.59 bits per heavy atom. The Bertz CT molecular complexity index is 1080. The van der Waals surface area contributed by atoms with Crippen molar-refractivity contribution < 1.29 is 14.3 Å². The monoisotopic (exact) mass is 451 g/mol. The van der Waals surface area contributed by atoms with Gasteiger partial charge in [-0.25, -0.2) is 4.98 Å². The van der Waals surface area contributed by atoms with E-state index in [9.17, 15) is 9.59 Å². The minimum atomic E-state index is -0.400. The van der Waals surface area contributed by atoms with Crippen LogP contribution in [0.1, 0.15) is 0 Å². The molecule has 1 heterocycles. The molecule has 140 valence electrons. The minimum Gasteiger partial charge on any atom is -0.493 e. The molecule has 0 saturated heterocycles. The summed E-state index contributed by atoms with van der Waals surface area (Å²) in [6.45, 7) is -0.206. The second kappa shape index (κ2) is 7.98. The summed E-state index contributed by atoms with van der Waals surface area (Å²) in [6, 6.07) is 8.25. The van der Waals surface area contributed by atoms with Crippen LogP contribution >= 0.6 is 27.5 Å². The number of carbonyl (C=O) groups excluding carboxylic acids is 1. The molecule has 9 heteroatoms. The Morgan fingerprint density at radius 2 is 1.93 bits per heavy atom. The quantitative estimate of drug-likeness (QED) is 0.641. The van der Waals surface area contributed by atoms with E-state index >= 15 is 0 Å². The Morgan fingerprint density at radius 1 is 1.22 bits per heavy atom. The van der Waals surface area contributed by atoms with Crippen LogP contribution in [0.15, 0.2) is 45.9 Å². The highest BCUT2D eigenvalue weighted by Gasteiger charge is 2.13. The molecule has 0 spiro atoms. The number of amides is 1. The van der Waals surface area contributed by atoms with E-state index in [1.807, 2.05) is 0 Å². The zero-order chi connectivity index (χ0) is 19.6. The second-order valence-corrected chi connectivity index (χ2v) is 6.90. The van der Waals surface area contributed by atoms with Gasteiger partial charge in [-0.05, 0) is 24.3 Å². The van der Waals surface area contributed by atoms with E-state index in [-0.39, 0.29) is 12.1 Å². The largest absolute Gasteiger partial charge is 0.493 e. The maximum Gasteiger partial charge on any atom is 0.261 e. The third-order valence-electron chi connectivity index (χ3n) is 3.85. The van der Waals surface area contributed by atoms with Gasteiger partial charge in [0.1, 0.15) is 6.54 Å². The number of rotatable bonds is 5. The van der Waals surface area contributed by atoms with Crippen LogP contribution in [-0.2, 0) is 11.3 Å². The molecule has 0 aliphatic rings. The van der Waals surface area contributed by atoms with Gasteiger partial charge in [0, 0.05) is 10.5 Å². The first-order valence-electron chi connectivity index (χ1n) is 7.79. The van der Waals surface area contributed by atoms with Crippen LogP contribution in [0, 0.1) is 0 Å². The molecule has 0 aliphatic carbocycles. The highest BCUT2D eigenvalue weighted by Crippen LogP contribution is 2.30. The summed E-state index contributed by atoms with van der Waals surface area (Å²) in [5.41, 5.74) is 0.543. The number of nitrogens with zero attached hydrogens (tertiary/aromatic N) is 2. The summed E-state index contributed by atoms with van der Waals surface area (Å²) in [7, 11) is 2.98. The lowest BCUT2D eigenvalue weighted by molar-refractivity contribution is -0.116. The zero-order valence-corrected chi connectivity index (χ0v) is 16.8. The summed E-state index contributed by atoms with van der Waals surface area (Å²) in [5, 5.41) is 3.39. The standard InChI is InChI=1S/C18H15BrClN3O4/c1-26-15-6-11-14(7-16(15)27-2)21-9-23(18(11)25)8-17(24)22-13-4-3-10(19)5-12(13)20/h3-7,9H,8H2,1-2H3,(H,22,24). The van der Waals surface area contributed by atoms with Crippen LogP contribution < -0.4 is 20.3 Å². The number of hydrogen-bond acceptors (Lipinski definition) is 5. The van der Waals surface area contributed by atoms with Crippen LogP contribution in [0.4, 0.5) is 5.69 Å². The number of methoxy groups -OCH3 is 2. The average Bonchev–Trinajstić information content (AvgIpc) is 2.65. The molecule has 7 nitrogen and oxygen atoms in total. The van der Waals surface area contributed by atoms with Gasteiger partial charge in [0.05, 0.1) is 42.2 Å². The Kier molecular flexibility index (Phi) is 5.67. The summed E-state index contributed by atoms with van der Waals surface area (Å²) in [6.07, 6.45) is 1.32. The van der Waals surface area contributed by atoms with Crippen molar-refractivity contribution in [3.8, 4) is 11.5 Å². The van der Waals surface area contributed by atoms with Gasteiger partial charge in [-0.3, -0.25) is 14.2 Å². The van der Waals surface area contributed by atoms with Crippen molar-refractivity contribution in [3.63, 3.8) is 0 Å². The topological polar surface area (TPSA) is 82.5 Å². The van der Waals surface area contributed by atoms with E-state index in [1.165, 1.54) is 25.1 Å². The van der Waals surface area contributed by atoms with Gasteiger partial charge in [0.15, 0.2) is 11.5 Å². The molecule has 2 aromatic carbocycles. The molecule has 0 fully saturated rings. The van der Waals surface area contributed by atoms with E-state index in [0.717, 1.165) is 4.47 Å². The van der Waals surface area contributed by atoms with Crippen molar-refractivity contribution in [2.45, 2.75) is 6.54 Å². The van der Waals surface area contributed by atoms with Crippen molar-refractivity contribution in [3.05, 3.63) is 56.5 Å². The van der Waals surface area contributed by atoms with Gasteiger partial charge in [0.25, 0.3) is 5.56 Å². The van der Waals surface area contributed by atoms with E-state index in [0.29, 0.717) is 33.1 Å². The van der Waals surface area contributed by atoms with Crippen LogP contribution in [0.2, 0.25) is 5.02 Å². The van der Waals surface area contributed by atoms with Gasteiger partial charge in [0.2, 0.25) is 5.91 Å². The first kappa shape index (κ1) is 19.2. The van der Waals surface area contributed by atoms with Gasteiger partial charge < -0.3 is 14.8 Å². The van der Waals surface area contributed by atoms with Crippen molar-refractivity contribution >= 4 is 50.0 Å². The van der Waals surface area contributed by atoms with E-state index in [2.05, 4.69) is 26.2 Å². The van der Waals surface area contributed by atoms with Crippen LogP contribution in [0.3, 0.4) is 0 Å². The smallest absolute Gasteiger partial charge is 0.261 e. The number of nitrogens with one attached hydrogen (secondary N) is 1. The first-order chi connectivity index (χ1) is 12.9. The average molecular weight is 453 g/mol. The lowest BCUT2D eigenvalue weighted by Crippen LogP contribution is -2.28.